The quantitative estimate of drug-likeness (QED) is 0.707. The van der Waals surface area contributed by atoms with Crippen LogP contribution in [0.4, 0.5) is 0 Å². The van der Waals surface area contributed by atoms with E-state index in [1.165, 1.54) is 4.68 Å². The van der Waals surface area contributed by atoms with Crippen LogP contribution in [-0.2, 0) is 29.5 Å². The maximum atomic E-state index is 12.1. The zero-order valence-corrected chi connectivity index (χ0v) is 13.4. The molecule has 0 aromatic carbocycles. The Morgan fingerprint density at radius 1 is 1.29 bits per heavy atom. The van der Waals surface area contributed by atoms with E-state index in [1.54, 1.807) is 4.57 Å². The number of aryl methyl sites for hydroxylation is 2. The van der Waals surface area contributed by atoms with E-state index in [2.05, 4.69) is 9.82 Å². The first kappa shape index (κ1) is 16.2. The van der Waals surface area contributed by atoms with Crippen molar-refractivity contribution in [1.82, 2.24) is 19.1 Å². The van der Waals surface area contributed by atoms with Gasteiger partial charge in [-0.15, -0.1) is 0 Å². The van der Waals surface area contributed by atoms with Gasteiger partial charge in [-0.1, -0.05) is 13.3 Å². The first-order chi connectivity index (χ1) is 10.0. The van der Waals surface area contributed by atoms with E-state index in [9.17, 15) is 13.2 Å². The lowest BCUT2D eigenvalue weighted by Gasteiger charge is -2.09. The highest BCUT2D eigenvalue weighted by Crippen LogP contribution is 2.09. The summed E-state index contributed by atoms with van der Waals surface area (Å²) in [5.74, 6) is 1.03. The Kier molecular flexibility index (Phi) is 5.58. The highest BCUT2D eigenvalue weighted by atomic mass is 32.2. The van der Waals surface area contributed by atoms with Crippen LogP contribution in [-0.4, -0.2) is 35.1 Å². The third-order valence-corrected chi connectivity index (χ3v) is 5.14. The Balaban J connectivity index is 1.82. The van der Waals surface area contributed by atoms with Gasteiger partial charge >= 0.3 is 5.69 Å². The summed E-state index contributed by atoms with van der Waals surface area (Å²) in [7, 11) is -3.17. The molecule has 0 atom stereocenters. The summed E-state index contributed by atoms with van der Waals surface area (Å²) in [5, 5.41) is 4.32. The SMILES string of the molecule is CCCCS(=O)(=O)NCCCn1nc2n(c1=O)CCCC2. The number of rotatable bonds is 8. The molecule has 8 heteroatoms. The van der Waals surface area contributed by atoms with Crippen molar-refractivity contribution in [3.63, 3.8) is 0 Å². The number of hydrogen-bond donors (Lipinski definition) is 1. The van der Waals surface area contributed by atoms with Crippen molar-refractivity contribution in [2.75, 3.05) is 12.3 Å². The van der Waals surface area contributed by atoms with Crippen molar-refractivity contribution in [3.05, 3.63) is 16.3 Å². The molecule has 1 aromatic heterocycles. The van der Waals surface area contributed by atoms with E-state index >= 15 is 0 Å². The first-order valence-corrected chi connectivity index (χ1v) is 9.32. The Morgan fingerprint density at radius 3 is 2.81 bits per heavy atom. The molecule has 0 unspecified atom stereocenters. The zero-order valence-electron chi connectivity index (χ0n) is 12.5. The summed E-state index contributed by atoms with van der Waals surface area (Å²) in [6.45, 7) is 3.51. The lowest BCUT2D eigenvalue weighted by molar-refractivity contribution is 0.508. The molecule has 0 spiro atoms. The number of unbranched alkanes of at least 4 members (excludes halogenated alkanes) is 1. The second-order valence-electron chi connectivity index (χ2n) is 5.45. The molecule has 0 saturated heterocycles. The van der Waals surface area contributed by atoms with Gasteiger partial charge < -0.3 is 0 Å². The number of sulfonamides is 1. The summed E-state index contributed by atoms with van der Waals surface area (Å²) < 4.78 is 29.0. The molecule has 1 aliphatic rings. The fraction of sp³-hybridized carbons (Fsp3) is 0.846. The van der Waals surface area contributed by atoms with Crippen LogP contribution >= 0.6 is 0 Å². The Morgan fingerprint density at radius 2 is 2.10 bits per heavy atom. The third kappa shape index (κ3) is 4.41. The Labute approximate surface area is 125 Å². The van der Waals surface area contributed by atoms with E-state index in [0.717, 1.165) is 38.1 Å². The molecule has 0 aliphatic carbocycles. The smallest absolute Gasteiger partial charge is 0.279 e. The van der Waals surface area contributed by atoms with Gasteiger partial charge in [0.25, 0.3) is 0 Å². The number of fused-ring (bicyclic) bond motifs is 1. The van der Waals surface area contributed by atoms with E-state index in [0.29, 0.717) is 25.9 Å². The molecule has 0 fully saturated rings. The Bertz CT molecular complexity index is 618. The predicted octanol–water partition coefficient (Wildman–Crippen LogP) is 0.491. The van der Waals surface area contributed by atoms with Crippen molar-refractivity contribution in [2.45, 2.75) is 58.5 Å². The van der Waals surface area contributed by atoms with E-state index in [1.807, 2.05) is 6.92 Å². The van der Waals surface area contributed by atoms with Gasteiger partial charge in [0.2, 0.25) is 10.0 Å². The van der Waals surface area contributed by atoms with Crippen LogP contribution in [0.2, 0.25) is 0 Å². The minimum Gasteiger partial charge on any atom is -0.279 e. The third-order valence-electron chi connectivity index (χ3n) is 3.67. The summed E-state index contributed by atoms with van der Waals surface area (Å²) in [5.41, 5.74) is -0.0708. The van der Waals surface area contributed by atoms with E-state index < -0.39 is 10.0 Å². The van der Waals surface area contributed by atoms with Crippen LogP contribution in [0.1, 0.15) is 44.9 Å². The number of nitrogens with one attached hydrogen (secondary N) is 1. The highest BCUT2D eigenvalue weighted by molar-refractivity contribution is 7.89. The van der Waals surface area contributed by atoms with Crippen LogP contribution in [0.3, 0.4) is 0 Å². The Hall–Kier alpha value is -1.15. The van der Waals surface area contributed by atoms with Gasteiger partial charge in [0.15, 0.2) is 0 Å². The molecule has 7 nitrogen and oxygen atoms in total. The van der Waals surface area contributed by atoms with E-state index in [-0.39, 0.29) is 11.4 Å². The average Bonchev–Trinajstić information content (AvgIpc) is 2.79. The van der Waals surface area contributed by atoms with Gasteiger partial charge in [-0.05, 0) is 25.7 Å². The van der Waals surface area contributed by atoms with Crippen molar-refractivity contribution >= 4 is 10.0 Å². The summed E-state index contributed by atoms with van der Waals surface area (Å²) >= 11 is 0. The van der Waals surface area contributed by atoms with E-state index in [4.69, 9.17) is 0 Å². The number of aromatic nitrogens is 3. The molecule has 120 valence electrons. The predicted molar refractivity (Wildman–Crippen MR) is 80.7 cm³/mol. The lowest BCUT2D eigenvalue weighted by Crippen LogP contribution is -2.30. The normalized spacial score (nSPS) is 15.1. The second-order valence-corrected chi connectivity index (χ2v) is 7.38. The summed E-state index contributed by atoms with van der Waals surface area (Å²) in [4.78, 5) is 12.1. The van der Waals surface area contributed by atoms with Gasteiger partial charge in [0.1, 0.15) is 5.82 Å². The molecule has 21 heavy (non-hydrogen) atoms. The van der Waals surface area contributed by atoms with Crippen LogP contribution in [0.5, 0.6) is 0 Å². The molecule has 0 saturated carbocycles. The topological polar surface area (TPSA) is 86.0 Å². The number of hydrogen-bond acceptors (Lipinski definition) is 4. The van der Waals surface area contributed by atoms with Crippen LogP contribution < -0.4 is 10.4 Å². The maximum absolute atomic E-state index is 12.1. The maximum Gasteiger partial charge on any atom is 0.345 e. The average molecular weight is 316 g/mol. The van der Waals surface area contributed by atoms with Gasteiger partial charge in [-0.3, -0.25) is 4.57 Å². The fourth-order valence-corrected chi connectivity index (χ4v) is 3.73. The molecular formula is C13H24N4O3S. The largest absolute Gasteiger partial charge is 0.345 e. The summed E-state index contributed by atoms with van der Waals surface area (Å²) in [6, 6.07) is 0. The van der Waals surface area contributed by atoms with Crippen molar-refractivity contribution in [3.8, 4) is 0 Å². The molecule has 1 aromatic rings. The van der Waals surface area contributed by atoms with Gasteiger partial charge in [0, 0.05) is 26.1 Å². The van der Waals surface area contributed by atoms with Crippen molar-refractivity contribution in [2.24, 2.45) is 0 Å². The van der Waals surface area contributed by atoms with Gasteiger partial charge in [0.05, 0.1) is 5.75 Å². The molecular weight excluding hydrogens is 292 g/mol. The molecule has 0 radical (unpaired) electrons. The van der Waals surface area contributed by atoms with Crippen LogP contribution in [0.15, 0.2) is 4.79 Å². The van der Waals surface area contributed by atoms with Crippen LogP contribution in [0, 0.1) is 0 Å². The van der Waals surface area contributed by atoms with Gasteiger partial charge in [-0.25, -0.2) is 22.6 Å². The first-order valence-electron chi connectivity index (χ1n) is 7.67. The minimum absolute atomic E-state index is 0.0708. The van der Waals surface area contributed by atoms with Crippen LogP contribution in [0.25, 0.3) is 0 Å². The standard InChI is InChI=1S/C13H24N4O3S/c1-2-3-11-21(19,20)14-8-6-10-17-13(18)16-9-5-4-7-12(16)15-17/h14H,2-11H2,1H3. The molecule has 0 amide bonds. The second kappa shape index (κ2) is 7.22. The lowest BCUT2D eigenvalue weighted by atomic mass is 10.2. The van der Waals surface area contributed by atoms with Crippen molar-refractivity contribution < 1.29 is 8.42 Å². The minimum atomic E-state index is -3.17. The van der Waals surface area contributed by atoms with Crippen molar-refractivity contribution in [1.29, 1.82) is 0 Å². The molecule has 1 aliphatic heterocycles. The molecule has 1 N–H and O–H groups in total. The highest BCUT2D eigenvalue weighted by Gasteiger charge is 2.16. The number of nitrogens with zero attached hydrogens (tertiary/aromatic N) is 3. The van der Waals surface area contributed by atoms with Gasteiger partial charge in [-0.2, -0.15) is 5.10 Å². The molecule has 2 rings (SSSR count). The monoisotopic (exact) mass is 316 g/mol. The summed E-state index contributed by atoms with van der Waals surface area (Å²) in [6.07, 6.45) is 5.05. The molecule has 0 bridgehead atoms. The zero-order chi connectivity index (χ0) is 15.3. The fourth-order valence-electron chi connectivity index (χ4n) is 2.46. The molecule has 2 heterocycles.